The zero-order chi connectivity index (χ0) is 20.2. The molecule has 0 bridgehead atoms. The third-order valence-electron chi connectivity index (χ3n) is 3.88. The van der Waals surface area contributed by atoms with E-state index < -0.39 is 28.0 Å². The molecule has 0 unspecified atom stereocenters. The van der Waals surface area contributed by atoms with Crippen LogP contribution in [0.15, 0.2) is 47.4 Å². The first-order valence-electron chi connectivity index (χ1n) is 8.27. The molecule has 0 aliphatic carbocycles. The van der Waals surface area contributed by atoms with Crippen LogP contribution in [0, 0.1) is 13.8 Å². The molecular formula is C19H22N2O5S. The van der Waals surface area contributed by atoms with Gasteiger partial charge in [-0.05, 0) is 56.2 Å². The van der Waals surface area contributed by atoms with Crippen molar-refractivity contribution in [3.8, 4) is 0 Å². The molecule has 2 aromatic rings. The number of aryl methyl sites for hydroxylation is 2. The van der Waals surface area contributed by atoms with Crippen LogP contribution in [-0.4, -0.2) is 33.4 Å². The number of carbonyl (C=O) groups is 2. The first-order chi connectivity index (χ1) is 12.6. The van der Waals surface area contributed by atoms with Crippen molar-refractivity contribution < 1.29 is 22.7 Å². The van der Waals surface area contributed by atoms with Crippen LogP contribution in [0.3, 0.4) is 0 Å². The second-order valence-electron chi connectivity index (χ2n) is 6.12. The van der Waals surface area contributed by atoms with Gasteiger partial charge in [-0.2, -0.15) is 0 Å². The predicted octanol–water partition coefficient (Wildman–Crippen LogP) is 2.40. The highest BCUT2D eigenvalue weighted by atomic mass is 32.2. The number of rotatable bonds is 6. The van der Waals surface area contributed by atoms with Crippen LogP contribution in [0.4, 0.5) is 5.69 Å². The van der Waals surface area contributed by atoms with E-state index in [-0.39, 0.29) is 16.1 Å². The number of carbonyl (C=O) groups excluding carboxylic acids is 2. The molecule has 0 saturated heterocycles. The summed E-state index contributed by atoms with van der Waals surface area (Å²) in [6, 6.07) is 11.1. The van der Waals surface area contributed by atoms with Gasteiger partial charge in [0.1, 0.15) is 0 Å². The summed E-state index contributed by atoms with van der Waals surface area (Å²) in [5.41, 5.74) is 1.79. The van der Waals surface area contributed by atoms with Gasteiger partial charge in [-0.1, -0.05) is 18.2 Å². The maximum atomic E-state index is 12.7. The smallest absolute Gasteiger partial charge is 0.338 e. The van der Waals surface area contributed by atoms with Gasteiger partial charge in [0.05, 0.1) is 10.5 Å². The number of hydrogen-bond donors (Lipinski definition) is 2. The minimum absolute atomic E-state index is 0.131. The van der Waals surface area contributed by atoms with Gasteiger partial charge in [-0.15, -0.1) is 0 Å². The van der Waals surface area contributed by atoms with Crippen LogP contribution in [-0.2, 0) is 19.6 Å². The summed E-state index contributed by atoms with van der Waals surface area (Å²) in [7, 11) is -2.38. The zero-order valence-electron chi connectivity index (χ0n) is 15.6. The SMILES string of the molecule is CNC(=O)[C@H](C)OC(=O)c1cccc(NS(=O)(=O)c2cc(C)ccc2C)c1. The average molecular weight is 390 g/mol. The van der Waals surface area contributed by atoms with Crippen molar-refractivity contribution in [2.75, 3.05) is 11.8 Å². The van der Waals surface area contributed by atoms with Crippen LogP contribution in [0.2, 0.25) is 0 Å². The Labute approximate surface area is 158 Å². The summed E-state index contributed by atoms with van der Waals surface area (Å²) < 4.78 is 32.9. The summed E-state index contributed by atoms with van der Waals surface area (Å²) in [6.45, 7) is 4.97. The fraction of sp³-hybridized carbons (Fsp3) is 0.263. The monoisotopic (exact) mass is 390 g/mol. The van der Waals surface area contributed by atoms with Crippen LogP contribution >= 0.6 is 0 Å². The average Bonchev–Trinajstić information content (AvgIpc) is 2.62. The van der Waals surface area contributed by atoms with Crippen molar-refractivity contribution in [2.45, 2.75) is 31.8 Å². The lowest BCUT2D eigenvalue weighted by Crippen LogP contribution is -2.33. The second-order valence-corrected chi connectivity index (χ2v) is 7.77. The minimum Gasteiger partial charge on any atom is -0.449 e. The van der Waals surface area contributed by atoms with E-state index in [1.54, 1.807) is 19.1 Å². The number of esters is 1. The normalized spacial score (nSPS) is 12.1. The van der Waals surface area contributed by atoms with Crippen molar-refractivity contribution in [1.82, 2.24) is 5.32 Å². The molecule has 2 N–H and O–H groups in total. The lowest BCUT2D eigenvalue weighted by atomic mass is 10.2. The highest BCUT2D eigenvalue weighted by Crippen LogP contribution is 2.21. The van der Waals surface area contributed by atoms with E-state index in [0.29, 0.717) is 5.56 Å². The number of ether oxygens (including phenoxy) is 1. The van der Waals surface area contributed by atoms with E-state index >= 15 is 0 Å². The van der Waals surface area contributed by atoms with Crippen LogP contribution in [0.5, 0.6) is 0 Å². The molecular weight excluding hydrogens is 368 g/mol. The van der Waals surface area contributed by atoms with Crippen molar-refractivity contribution in [3.05, 3.63) is 59.2 Å². The number of anilines is 1. The Hall–Kier alpha value is -2.87. The Bertz CT molecular complexity index is 970. The van der Waals surface area contributed by atoms with Crippen molar-refractivity contribution in [2.24, 2.45) is 0 Å². The van der Waals surface area contributed by atoms with Gasteiger partial charge in [-0.25, -0.2) is 13.2 Å². The number of amides is 1. The molecule has 0 aliphatic heterocycles. The predicted molar refractivity (Wildman–Crippen MR) is 102 cm³/mol. The maximum Gasteiger partial charge on any atom is 0.338 e. The second kappa shape index (κ2) is 8.22. The van der Waals surface area contributed by atoms with Crippen molar-refractivity contribution in [3.63, 3.8) is 0 Å². The number of hydrogen-bond acceptors (Lipinski definition) is 5. The molecule has 1 amide bonds. The molecule has 0 fully saturated rings. The fourth-order valence-corrected chi connectivity index (χ4v) is 3.78. The quantitative estimate of drug-likeness (QED) is 0.738. The first kappa shape index (κ1) is 20.4. The summed E-state index contributed by atoms with van der Waals surface area (Å²) >= 11 is 0. The zero-order valence-corrected chi connectivity index (χ0v) is 16.4. The Morgan fingerprint density at radius 1 is 1.07 bits per heavy atom. The molecule has 0 aromatic heterocycles. The fourth-order valence-electron chi connectivity index (χ4n) is 2.40. The van der Waals surface area contributed by atoms with E-state index in [0.717, 1.165) is 5.56 Å². The summed E-state index contributed by atoms with van der Waals surface area (Å²) in [5.74, 6) is -1.16. The Kier molecular flexibility index (Phi) is 6.22. The van der Waals surface area contributed by atoms with E-state index in [1.807, 2.05) is 13.0 Å². The number of sulfonamides is 1. The number of benzene rings is 2. The maximum absolute atomic E-state index is 12.7. The lowest BCUT2D eigenvalue weighted by molar-refractivity contribution is -0.128. The molecule has 2 aromatic carbocycles. The van der Waals surface area contributed by atoms with Crippen molar-refractivity contribution in [1.29, 1.82) is 0 Å². The highest BCUT2D eigenvalue weighted by molar-refractivity contribution is 7.92. The number of likely N-dealkylation sites (N-methyl/N-ethyl adjacent to an activating group) is 1. The van der Waals surface area contributed by atoms with Gasteiger partial charge < -0.3 is 10.1 Å². The molecule has 144 valence electrons. The molecule has 1 atom stereocenters. The van der Waals surface area contributed by atoms with Crippen LogP contribution in [0.1, 0.15) is 28.4 Å². The van der Waals surface area contributed by atoms with Gasteiger partial charge in [0.15, 0.2) is 6.10 Å². The summed E-state index contributed by atoms with van der Waals surface area (Å²) in [5, 5.41) is 2.38. The third-order valence-corrected chi connectivity index (χ3v) is 5.41. The summed E-state index contributed by atoms with van der Waals surface area (Å²) in [4.78, 5) is 23.8. The molecule has 8 heteroatoms. The van der Waals surface area contributed by atoms with Crippen LogP contribution in [0.25, 0.3) is 0 Å². The molecule has 0 aliphatic rings. The highest BCUT2D eigenvalue weighted by Gasteiger charge is 2.20. The van der Waals surface area contributed by atoms with Crippen molar-refractivity contribution >= 4 is 27.6 Å². The number of nitrogens with one attached hydrogen (secondary N) is 2. The molecule has 0 heterocycles. The van der Waals surface area contributed by atoms with E-state index in [2.05, 4.69) is 10.0 Å². The lowest BCUT2D eigenvalue weighted by Gasteiger charge is -2.13. The molecule has 0 saturated carbocycles. The molecule has 0 spiro atoms. The molecule has 2 rings (SSSR count). The van der Waals surface area contributed by atoms with Gasteiger partial charge in [0.2, 0.25) is 0 Å². The van der Waals surface area contributed by atoms with Gasteiger partial charge in [0.25, 0.3) is 15.9 Å². The van der Waals surface area contributed by atoms with E-state index in [4.69, 9.17) is 4.74 Å². The third kappa shape index (κ3) is 5.07. The minimum atomic E-state index is -3.82. The first-order valence-corrected chi connectivity index (χ1v) is 9.75. The van der Waals surface area contributed by atoms with Gasteiger partial charge >= 0.3 is 5.97 Å². The van der Waals surface area contributed by atoms with E-state index in [9.17, 15) is 18.0 Å². The molecule has 7 nitrogen and oxygen atoms in total. The largest absolute Gasteiger partial charge is 0.449 e. The topological polar surface area (TPSA) is 102 Å². The standard InChI is InChI=1S/C19H22N2O5S/c1-12-8-9-13(2)17(10-12)27(24,25)21-16-7-5-6-15(11-16)19(23)26-14(3)18(22)20-4/h5-11,14,21H,1-4H3,(H,20,22)/t14-/m0/s1. The van der Waals surface area contributed by atoms with E-state index in [1.165, 1.54) is 38.2 Å². The molecule has 27 heavy (non-hydrogen) atoms. The van der Waals surface area contributed by atoms with Gasteiger partial charge in [0, 0.05) is 12.7 Å². The Balaban J connectivity index is 2.23. The van der Waals surface area contributed by atoms with Crippen LogP contribution < -0.4 is 10.0 Å². The summed E-state index contributed by atoms with van der Waals surface area (Å²) in [6.07, 6.45) is -0.960. The molecule has 0 radical (unpaired) electrons. The Morgan fingerprint density at radius 2 is 1.78 bits per heavy atom. The Morgan fingerprint density at radius 3 is 2.44 bits per heavy atom. The van der Waals surface area contributed by atoms with Gasteiger partial charge in [-0.3, -0.25) is 9.52 Å².